The van der Waals surface area contributed by atoms with Crippen LogP contribution in [0.3, 0.4) is 0 Å². The smallest absolute Gasteiger partial charge is 0.228 e. The lowest BCUT2D eigenvalue weighted by molar-refractivity contribution is -0.120. The minimum absolute atomic E-state index is 0.220. The summed E-state index contributed by atoms with van der Waals surface area (Å²) in [6, 6.07) is 20.0. The van der Waals surface area contributed by atoms with E-state index < -0.39 is 5.41 Å². The molecular formula is C16H15NO. The number of primary amides is 1. The molecule has 2 atom stereocenters. The number of carbonyl (C=O) groups excluding carboxylic acids is 1. The predicted octanol–water partition coefficient (Wildman–Crippen LogP) is 2.60. The normalized spacial score (nSPS) is 25.7. The molecule has 2 nitrogen and oxygen atoms in total. The maximum atomic E-state index is 11.9. The number of hydrogen-bond donors (Lipinski definition) is 1. The first kappa shape index (κ1) is 11.0. The van der Waals surface area contributed by atoms with E-state index in [1.807, 2.05) is 48.5 Å². The second-order valence-corrected chi connectivity index (χ2v) is 4.87. The van der Waals surface area contributed by atoms with Crippen molar-refractivity contribution < 1.29 is 4.79 Å². The van der Waals surface area contributed by atoms with Gasteiger partial charge in [0.2, 0.25) is 5.91 Å². The van der Waals surface area contributed by atoms with Gasteiger partial charge in [-0.2, -0.15) is 0 Å². The molecule has 0 spiro atoms. The maximum absolute atomic E-state index is 11.9. The third-order valence-corrected chi connectivity index (χ3v) is 3.89. The third-order valence-electron chi connectivity index (χ3n) is 3.89. The summed E-state index contributed by atoms with van der Waals surface area (Å²) in [6.07, 6.45) is 0.816. The van der Waals surface area contributed by atoms with Crippen LogP contribution in [0.25, 0.3) is 0 Å². The second kappa shape index (κ2) is 3.98. The predicted molar refractivity (Wildman–Crippen MR) is 71.1 cm³/mol. The quantitative estimate of drug-likeness (QED) is 0.876. The number of carbonyl (C=O) groups is 1. The summed E-state index contributed by atoms with van der Waals surface area (Å²) in [5, 5.41) is 0. The average Bonchev–Trinajstić information content (AvgIpc) is 3.18. The van der Waals surface area contributed by atoms with Crippen molar-refractivity contribution in [3.8, 4) is 0 Å². The van der Waals surface area contributed by atoms with Gasteiger partial charge in [-0.15, -0.1) is 0 Å². The van der Waals surface area contributed by atoms with Crippen LogP contribution in [0, 0.1) is 0 Å². The monoisotopic (exact) mass is 237 g/mol. The Bertz CT molecular complexity index is 564. The Morgan fingerprint density at radius 2 is 1.56 bits per heavy atom. The zero-order valence-electron chi connectivity index (χ0n) is 10.0. The van der Waals surface area contributed by atoms with Gasteiger partial charge >= 0.3 is 0 Å². The first-order chi connectivity index (χ1) is 8.75. The van der Waals surface area contributed by atoms with Gasteiger partial charge in [-0.3, -0.25) is 4.79 Å². The SMILES string of the molecule is NC(=O)[C@]1(c2ccccc2)C[C@@H]1c1ccccc1. The van der Waals surface area contributed by atoms with Gasteiger partial charge in [0, 0.05) is 5.92 Å². The van der Waals surface area contributed by atoms with Crippen LogP contribution in [0.5, 0.6) is 0 Å². The Balaban J connectivity index is 2.01. The van der Waals surface area contributed by atoms with Gasteiger partial charge in [0.25, 0.3) is 0 Å². The van der Waals surface area contributed by atoms with Gasteiger partial charge in [-0.1, -0.05) is 60.7 Å². The molecule has 18 heavy (non-hydrogen) atoms. The van der Waals surface area contributed by atoms with Crippen LogP contribution in [-0.2, 0) is 10.2 Å². The number of benzene rings is 2. The Kier molecular flexibility index (Phi) is 2.44. The summed E-state index contributed by atoms with van der Waals surface area (Å²) in [4.78, 5) is 11.9. The van der Waals surface area contributed by atoms with Crippen molar-refractivity contribution in [3.63, 3.8) is 0 Å². The van der Waals surface area contributed by atoms with Gasteiger partial charge in [-0.25, -0.2) is 0 Å². The number of hydrogen-bond acceptors (Lipinski definition) is 1. The van der Waals surface area contributed by atoms with Crippen LogP contribution >= 0.6 is 0 Å². The highest BCUT2D eigenvalue weighted by Gasteiger charge is 2.60. The van der Waals surface area contributed by atoms with E-state index in [4.69, 9.17) is 5.73 Å². The summed E-state index contributed by atoms with van der Waals surface area (Å²) in [7, 11) is 0. The minimum Gasteiger partial charge on any atom is -0.369 e. The van der Waals surface area contributed by atoms with Crippen LogP contribution in [0.1, 0.15) is 23.5 Å². The van der Waals surface area contributed by atoms with Crippen LogP contribution in [0.4, 0.5) is 0 Å². The molecule has 1 aliphatic carbocycles. The zero-order valence-corrected chi connectivity index (χ0v) is 10.0. The molecule has 1 amide bonds. The third kappa shape index (κ3) is 1.53. The van der Waals surface area contributed by atoms with Gasteiger partial charge in [0.15, 0.2) is 0 Å². The number of rotatable bonds is 3. The first-order valence-electron chi connectivity index (χ1n) is 6.15. The van der Waals surface area contributed by atoms with Crippen molar-refractivity contribution in [2.75, 3.05) is 0 Å². The van der Waals surface area contributed by atoms with Crippen LogP contribution in [-0.4, -0.2) is 5.91 Å². The molecule has 1 aliphatic rings. The van der Waals surface area contributed by atoms with Gasteiger partial charge in [0.1, 0.15) is 0 Å². The zero-order chi connectivity index (χ0) is 12.6. The van der Waals surface area contributed by atoms with Crippen LogP contribution < -0.4 is 5.73 Å². The molecule has 0 heterocycles. The van der Waals surface area contributed by atoms with E-state index in [9.17, 15) is 4.79 Å². The van der Waals surface area contributed by atoms with Crippen molar-refractivity contribution >= 4 is 5.91 Å². The molecule has 0 saturated heterocycles. The van der Waals surface area contributed by atoms with E-state index in [-0.39, 0.29) is 11.8 Å². The molecule has 0 aromatic heterocycles. The summed E-state index contributed by atoms with van der Waals surface area (Å²) >= 11 is 0. The standard InChI is InChI=1S/C16H15NO/c17-15(18)16(13-9-5-2-6-10-13)11-14(16)12-7-3-1-4-8-12/h1-10,14H,11H2,(H2,17,18)/t14-,16+/m1/s1. The van der Waals surface area contributed by atoms with E-state index in [2.05, 4.69) is 12.1 Å². The molecule has 0 aliphatic heterocycles. The fourth-order valence-electron chi connectivity index (χ4n) is 2.82. The molecule has 0 unspecified atom stereocenters. The highest BCUT2D eigenvalue weighted by atomic mass is 16.1. The van der Waals surface area contributed by atoms with E-state index in [0.717, 1.165) is 12.0 Å². The Morgan fingerprint density at radius 1 is 1.00 bits per heavy atom. The second-order valence-electron chi connectivity index (χ2n) is 4.87. The van der Waals surface area contributed by atoms with Crippen molar-refractivity contribution in [2.45, 2.75) is 17.8 Å². The topological polar surface area (TPSA) is 43.1 Å². The molecule has 2 N–H and O–H groups in total. The molecule has 1 fully saturated rings. The highest BCUT2D eigenvalue weighted by Crippen LogP contribution is 2.60. The molecule has 2 heteroatoms. The summed E-state index contributed by atoms with van der Waals surface area (Å²) < 4.78 is 0. The minimum atomic E-state index is -0.497. The lowest BCUT2D eigenvalue weighted by atomic mass is 9.90. The van der Waals surface area contributed by atoms with E-state index >= 15 is 0 Å². The maximum Gasteiger partial charge on any atom is 0.228 e. The van der Waals surface area contributed by atoms with Gasteiger partial charge in [0.05, 0.1) is 5.41 Å². The molecule has 1 saturated carbocycles. The highest BCUT2D eigenvalue weighted by molar-refractivity contribution is 5.92. The summed E-state index contributed by atoms with van der Waals surface area (Å²) in [5.41, 5.74) is 7.38. The molecule has 90 valence electrons. The number of amides is 1. The van der Waals surface area contributed by atoms with Crippen molar-refractivity contribution in [3.05, 3.63) is 71.8 Å². The first-order valence-corrected chi connectivity index (χ1v) is 6.15. The van der Waals surface area contributed by atoms with E-state index in [1.165, 1.54) is 5.56 Å². The van der Waals surface area contributed by atoms with E-state index in [1.54, 1.807) is 0 Å². The molecule has 3 rings (SSSR count). The molecule has 2 aromatic carbocycles. The largest absolute Gasteiger partial charge is 0.369 e. The average molecular weight is 237 g/mol. The van der Waals surface area contributed by atoms with Gasteiger partial charge < -0.3 is 5.73 Å². The lowest BCUT2D eigenvalue weighted by Gasteiger charge is -2.14. The molecule has 0 bridgehead atoms. The molecular weight excluding hydrogens is 222 g/mol. The van der Waals surface area contributed by atoms with Crippen molar-refractivity contribution in [1.82, 2.24) is 0 Å². The van der Waals surface area contributed by atoms with Crippen molar-refractivity contribution in [2.24, 2.45) is 5.73 Å². The van der Waals surface area contributed by atoms with E-state index in [0.29, 0.717) is 0 Å². The summed E-state index contributed by atoms with van der Waals surface area (Å²) in [5.74, 6) is 0.00107. The fourth-order valence-corrected chi connectivity index (χ4v) is 2.82. The summed E-state index contributed by atoms with van der Waals surface area (Å²) in [6.45, 7) is 0. The Morgan fingerprint density at radius 3 is 2.11 bits per heavy atom. The number of nitrogens with two attached hydrogens (primary N) is 1. The molecule has 0 radical (unpaired) electrons. The fraction of sp³-hybridized carbons (Fsp3) is 0.188. The lowest BCUT2D eigenvalue weighted by Crippen LogP contribution is -2.30. The molecule has 2 aromatic rings. The van der Waals surface area contributed by atoms with Crippen LogP contribution in [0.2, 0.25) is 0 Å². The Labute approximate surface area is 106 Å². The van der Waals surface area contributed by atoms with Crippen LogP contribution in [0.15, 0.2) is 60.7 Å². The Hall–Kier alpha value is -2.09. The van der Waals surface area contributed by atoms with Crippen molar-refractivity contribution in [1.29, 1.82) is 0 Å². The van der Waals surface area contributed by atoms with Gasteiger partial charge in [-0.05, 0) is 17.5 Å².